The van der Waals surface area contributed by atoms with Gasteiger partial charge in [0.05, 0.1) is 23.0 Å². The fourth-order valence-electron chi connectivity index (χ4n) is 2.12. The van der Waals surface area contributed by atoms with Gasteiger partial charge in [0.25, 0.3) is 0 Å². The van der Waals surface area contributed by atoms with Gasteiger partial charge in [0.15, 0.2) is 0 Å². The van der Waals surface area contributed by atoms with Crippen LogP contribution in [0.4, 0.5) is 5.69 Å². The molecule has 21 heavy (non-hydrogen) atoms. The lowest BCUT2D eigenvalue weighted by Crippen LogP contribution is -2.11. The summed E-state index contributed by atoms with van der Waals surface area (Å²) in [6.45, 7) is 5.43. The number of benzene rings is 1. The van der Waals surface area contributed by atoms with Crippen LogP contribution in [-0.4, -0.2) is 15.7 Å². The zero-order valence-electron chi connectivity index (χ0n) is 12.2. The number of nitrogens with one attached hydrogen (secondary N) is 1. The zero-order valence-corrected chi connectivity index (χ0v) is 12.9. The first-order chi connectivity index (χ1) is 10.1. The van der Waals surface area contributed by atoms with Crippen molar-refractivity contribution in [3.63, 3.8) is 0 Å². The molecular weight excluding hydrogens is 288 g/mol. The smallest absolute Gasteiger partial charge is 0.248 e. The van der Waals surface area contributed by atoms with Gasteiger partial charge in [-0.3, -0.25) is 9.48 Å². The number of anilines is 1. The molecule has 0 aliphatic heterocycles. The van der Waals surface area contributed by atoms with Crippen molar-refractivity contribution in [1.29, 1.82) is 0 Å². The van der Waals surface area contributed by atoms with Crippen molar-refractivity contribution in [2.24, 2.45) is 5.73 Å². The summed E-state index contributed by atoms with van der Waals surface area (Å²) in [5.74, 6) is -0.429. The molecule has 1 amide bonds. The number of amides is 1. The van der Waals surface area contributed by atoms with Crippen LogP contribution in [0.15, 0.2) is 24.3 Å². The highest BCUT2D eigenvalue weighted by atomic mass is 35.5. The molecule has 1 heterocycles. The maximum atomic E-state index is 11.0. The molecule has 0 aliphatic rings. The van der Waals surface area contributed by atoms with Crippen molar-refractivity contribution in [2.45, 2.75) is 33.4 Å². The van der Waals surface area contributed by atoms with E-state index in [2.05, 4.69) is 10.4 Å². The molecule has 0 fully saturated rings. The Morgan fingerprint density at radius 1 is 1.33 bits per heavy atom. The lowest BCUT2D eigenvalue weighted by atomic mass is 10.2. The van der Waals surface area contributed by atoms with E-state index in [-0.39, 0.29) is 0 Å². The van der Waals surface area contributed by atoms with Gasteiger partial charge in [-0.05, 0) is 37.6 Å². The van der Waals surface area contributed by atoms with Crippen LogP contribution in [0.3, 0.4) is 0 Å². The fourth-order valence-corrected chi connectivity index (χ4v) is 2.46. The molecule has 0 radical (unpaired) electrons. The van der Waals surface area contributed by atoms with E-state index in [1.807, 2.05) is 30.7 Å². The highest BCUT2D eigenvalue weighted by molar-refractivity contribution is 6.31. The second-order valence-electron chi connectivity index (χ2n) is 4.67. The monoisotopic (exact) mass is 306 g/mol. The Morgan fingerprint density at radius 2 is 2.00 bits per heavy atom. The third-order valence-electron chi connectivity index (χ3n) is 3.32. The average molecular weight is 307 g/mol. The largest absolute Gasteiger partial charge is 0.379 e. The zero-order chi connectivity index (χ0) is 15.4. The number of hydrogen-bond donors (Lipinski definition) is 2. The fraction of sp³-hybridized carbons (Fsp3) is 0.333. The number of aryl methyl sites for hydroxylation is 2. The van der Waals surface area contributed by atoms with Crippen molar-refractivity contribution >= 4 is 23.2 Å². The molecular formula is C15H19ClN4O. The summed E-state index contributed by atoms with van der Waals surface area (Å²) in [6.07, 6.45) is 0.812. The molecule has 0 saturated carbocycles. The molecule has 0 atom stereocenters. The molecule has 0 spiro atoms. The highest BCUT2D eigenvalue weighted by Gasteiger charge is 2.13. The second kappa shape index (κ2) is 6.63. The molecule has 2 aromatic rings. The van der Waals surface area contributed by atoms with E-state index in [9.17, 15) is 4.79 Å². The summed E-state index contributed by atoms with van der Waals surface area (Å²) >= 11 is 6.36. The van der Waals surface area contributed by atoms with Gasteiger partial charge in [-0.15, -0.1) is 0 Å². The number of aromatic nitrogens is 2. The normalized spacial score (nSPS) is 10.6. The van der Waals surface area contributed by atoms with Gasteiger partial charge in [0, 0.05) is 17.8 Å². The van der Waals surface area contributed by atoms with Crippen molar-refractivity contribution < 1.29 is 4.79 Å². The Morgan fingerprint density at radius 3 is 2.52 bits per heavy atom. The standard InChI is InChI=1S/C15H19ClN4O/c1-3-12-14(16)13(20(4-2)19-12)9-18-11-7-5-10(6-8-11)15(17)21/h5-8,18H,3-4,9H2,1-2H3,(H2,17,21). The van der Waals surface area contributed by atoms with E-state index in [0.717, 1.165) is 35.1 Å². The second-order valence-corrected chi connectivity index (χ2v) is 5.05. The molecule has 6 heteroatoms. The van der Waals surface area contributed by atoms with Crippen molar-refractivity contribution in [1.82, 2.24) is 9.78 Å². The number of carbonyl (C=O) groups excluding carboxylic acids is 1. The molecule has 0 bridgehead atoms. The summed E-state index contributed by atoms with van der Waals surface area (Å²) in [5.41, 5.74) is 8.49. The Balaban J connectivity index is 2.12. The quantitative estimate of drug-likeness (QED) is 0.862. The van der Waals surface area contributed by atoms with E-state index < -0.39 is 5.91 Å². The molecule has 2 rings (SSSR count). The third-order valence-corrected chi connectivity index (χ3v) is 3.76. The van der Waals surface area contributed by atoms with Gasteiger partial charge in [-0.2, -0.15) is 5.10 Å². The average Bonchev–Trinajstić information content (AvgIpc) is 2.81. The topological polar surface area (TPSA) is 72.9 Å². The Bertz CT molecular complexity index is 634. The maximum Gasteiger partial charge on any atom is 0.248 e. The van der Waals surface area contributed by atoms with E-state index in [1.165, 1.54) is 0 Å². The maximum absolute atomic E-state index is 11.0. The molecule has 1 aromatic heterocycles. The summed E-state index contributed by atoms with van der Waals surface area (Å²) in [6, 6.07) is 7.03. The molecule has 1 aromatic carbocycles. The molecule has 5 nitrogen and oxygen atoms in total. The van der Waals surface area contributed by atoms with Gasteiger partial charge in [0.1, 0.15) is 0 Å². The minimum Gasteiger partial charge on any atom is -0.379 e. The van der Waals surface area contributed by atoms with Crippen molar-refractivity contribution in [3.8, 4) is 0 Å². The minimum atomic E-state index is -0.429. The number of halogens is 1. The van der Waals surface area contributed by atoms with Gasteiger partial charge < -0.3 is 11.1 Å². The van der Waals surface area contributed by atoms with Crippen LogP contribution in [0.25, 0.3) is 0 Å². The predicted molar refractivity (Wildman–Crippen MR) is 84.6 cm³/mol. The number of carbonyl (C=O) groups is 1. The van der Waals surface area contributed by atoms with Crippen LogP contribution >= 0.6 is 11.6 Å². The van der Waals surface area contributed by atoms with Crippen LogP contribution < -0.4 is 11.1 Å². The molecule has 0 unspecified atom stereocenters. The van der Waals surface area contributed by atoms with Crippen LogP contribution in [0, 0.1) is 0 Å². The van der Waals surface area contributed by atoms with Gasteiger partial charge in [-0.25, -0.2) is 0 Å². The van der Waals surface area contributed by atoms with Crippen molar-refractivity contribution in [2.75, 3.05) is 5.32 Å². The van der Waals surface area contributed by atoms with Crippen LogP contribution in [-0.2, 0) is 19.5 Å². The van der Waals surface area contributed by atoms with E-state index >= 15 is 0 Å². The minimum absolute atomic E-state index is 0.429. The summed E-state index contributed by atoms with van der Waals surface area (Å²) in [7, 11) is 0. The van der Waals surface area contributed by atoms with Gasteiger partial charge in [-0.1, -0.05) is 18.5 Å². The highest BCUT2D eigenvalue weighted by Crippen LogP contribution is 2.22. The molecule has 0 saturated heterocycles. The lowest BCUT2D eigenvalue weighted by Gasteiger charge is -2.09. The first-order valence-corrected chi connectivity index (χ1v) is 7.32. The van der Waals surface area contributed by atoms with Crippen LogP contribution in [0.5, 0.6) is 0 Å². The molecule has 0 aliphatic carbocycles. The number of primary amides is 1. The summed E-state index contributed by atoms with van der Waals surface area (Å²) in [5, 5.41) is 8.49. The summed E-state index contributed by atoms with van der Waals surface area (Å²) in [4.78, 5) is 11.0. The Kier molecular flexibility index (Phi) is 4.85. The van der Waals surface area contributed by atoms with Gasteiger partial charge >= 0.3 is 0 Å². The molecule has 3 N–H and O–H groups in total. The van der Waals surface area contributed by atoms with Gasteiger partial charge in [0.2, 0.25) is 5.91 Å². The van der Waals surface area contributed by atoms with Crippen LogP contribution in [0.2, 0.25) is 5.02 Å². The SMILES string of the molecule is CCc1nn(CC)c(CNc2ccc(C(N)=O)cc2)c1Cl. The van der Waals surface area contributed by atoms with E-state index in [0.29, 0.717) is 12.1 Å². The van der Waals surface area contributed by atoms with Crippen LogP contribution in [0.1, 0.15) is 35.6 Å². The predicted octanol–water partition coefficient (Wildman–Crippen LogP) is 2.83. The number of rotatable bonds is 6. The van der Waals surface area contributed by atoms with E-state index in [1.54, 1.807) is 12.1 Å². The lowest BCUT2D eigenvalue weighted by molar-refractivity contribution is 0.100. The Labute approximate surface area is 129 Å². The summed E-state index contributed by atoms with van der Waals surface area (Å²) < 4.78 is 1.91. The number of nitrogens with two attached hydrogens (primary N) is 1. The Hall–Kier alpha value is -2.01. The first-order valence-electron chi connectivity index (χ1n) is 6.94. The first kappa shape index (κ1) is 15.4. The third kappa shape index (κ3) is 3.36. The number of hydrogen-bond acceptors (Lipinski definition) is 3. The van der Waals surface area contributed by atoms with E-state index in [4.69, 9.17) is 17.3 Å². The molecule has 112 valence electrons. The van der Waals surface area contributed by atoms with Crippen molar-refractivity contribution in [3.05, 3.63) is 46.2 Å². The number of nitrogens with zero attached hydrogens (tertiary/aromatic N) is 2.